The standard InChI is InChI=1S/C52H32N4/c1-3-16-33(17-4-1)49-53-50(34-18-5-2-6-19-34)55-51(54-49)41-24-15-27-44-48(41)40-23-8-12-26-43(40)52(44)42-25-11-7-20-36(42)37-31-30-35(32-45(37)52)56-46-28-13-9-21-38(46)39-22-10-14-29-47(39)56/h1-32H. The molecule has 2 aliphatic carbocycles. The van der Waals surface area contributed by atoms with Crippen LogP contribution in [-0.4, -0.2) is 19.5 Å². The summed E-state index contributed by atoms with van der Waals surface area (Å²) in [6.45, 7) is 0. The molecule has 12 rings (SSSR count). The Labute approximate surface area is 324 Å². The molecule has 56 heavy (non-hydrogen) atoms. The number of nitrogens with zero attached hydrogens (tertiary/aromatic N) is 4. The highest BCUT2D eigenvalue weighted by molar-refractivity contribution is 6.09. The van der Waals surface area contributed by atoms with Gasteiger partial charge in [0, 0.05) is 33.2 Å². The summed E-state index contributed by atoms with van der Waals surface area (Å²) < 4.78 is 2.43. The largest absolute Gasteiger partial charge is 0.309 e. The van der Waals surface area contributed by atoms with Crippen LogP contribution in [0.3, 0.4) is 0 Å². The molecule has 4 nitrogen and oxygen atoms in total. The van der Waals surface area contributed by atoms with Crippen LogP contribution in [0.25, 0.3) is 83.9 Å². The summed E-state index contributed by atoms with van der Waals surface area (Å²) in [7, 11) is 0. The van der Waals surface area contributed by atoms with Crippen LogP contribution in [0.2, 0.25) is 0 Å². The Morgan fingerprint density at radius 2 is 0.821 bits per heavy atom. The van der Waals surface area contributed by atoms with E-state index in [1.54, 1.807) is 0 Å². The first-order chi connectivity index (χ1) is 27.8. The summed E-state index contributed by atoms with van der Waals surface area (Å²) in [6, 6.07) is 69.7. The molecule has 260 valence electrons. The van der Waals surface area contributed by atoms with Gasteiger partial charge in [-0.15, -0.1) is 0 Å². The first-order valence-corrected chi connectivity index (χ1v) is 19.1. The molecule has 1 spiro atoms. The third kappa shape index (κ3) is 4.21. The number of para-hydroxylation sites is 2. The lowest BCUT2D eigenvalue weighted by Gasteiger charge is -2.31. The number of hydrogen-bond acceptors (Lipinski definition) is 3. The predicted molar refractivity (Wildman–Crippen MR) is 227 cm³/mol. The third-order valence-electron chi connectivity index (χ3n) is 11.9. The Balaban J connectivity index is 1.15. The van der Waals surface area contributed by atoms with E-state index in [1.807, 2.05) is 36.4 Å². The summed E-state index contributed by atoms with van der Waals surface area (Å²) in [5, 5.41) is 2.51. The average molecular weight is 713 g/mol. The van der Waals surface area contributed by atoms with Gasteiger partial charge in [0.05, 0.1) is 16.4 Å². The highest BCUT2D eigenvalue weighted by Gasteiger charge is 2.52. The van der Waals surface area contributed by atoms with Gasteiger partial charge in [-0.05, 0) is 68.8 Å². The zero-order valence-corrected chi connectivity index (χ0v) is 30.3. The molecule has 2 aliphatic rings. The van der Waals surface area contributed by atoms with Gasteiger partial charge in [0.25, 0.3) is 0 Å². The molecule has 0 saturated carbocycles. The molecule has 8 aromatic carbocycles. The zero-order valence-electron chi connectivity index (χ0n) is 30.3. The molecular weight excluding hydrogens is 681 g/mol. The van der Waals surface area contributed by atoms with Crippen molar-refractivity contribution < 1.29 is 0 Å². The van der Waals surface area contributed by atoms with Crippen LogP contribution in [0.15, 0.2) is 194 Å². The molecule has 1 atom stereocenters. The van der Waals surface area contributed by atoms with Gasteiger partial charge in [0.1, 0.15) is 0 Å². The van der Waals surface area contributed by atoms with Crippen molar-refractivity contribution in [1.29, 1.82) is 0 Å². The molecule has 4 heteroatoms. The minimum absolute atomic E-state index is 0.555. The smallest absolute Gasteiger partial charge is 0.164 e. The summed E-state index contributed by atoms with van der Waals surface area (Å²) in [5.41, 5.74) is 15.9. The molecule has 10 aromatic rings. The number of aromatic nitrogens is 4. The summed E-state index contributed by atoms with van der Waals surface area (Å²) in [5.74, 6) is 1.97. The molecule has 0 N–H and O–H groups in total. The van der Waals surface area contributed by atoms with Crippen molar-refractivity contribution in [1.82, 2.24) is 19.5 Å². The van der Waals surface area contributed by atoms with E-state index in [4.69, 9.17) is 15.0 Å². The summed E-state index contributed by atoms with van der Waals surface area (Å²) >= 11 is 0. The van der Waals surface area contributed by atoms with Crippen molar-refractivity contribution in [3.8, 4) is 62.1 Å². The molecule has 0 bridgehead atoms. The van der Waals surface area contributed by atoms with Crippen LogP contribution >= 0.6 is 0 Å². The molecule has 2 heterocycles. The van der Waals surface area contributed by atoms with Crippen molar-refractivity contribution in [2.75, 3.05) is 0 Å². The van der Waals surface area contributed by atoms with E-state index in [1.165, 1.54) is 60.8 Å². The van der Waals surface area contributed by atoms with E-state index >= 15 is 0 Å². The van der Waals surface area contributed by atoms with Gasteiger partial charge in [-0.3, -0.25) is 0 Å². The fourth-order valence-electron chi connectivity index (χ4n) is 9.63. The van der Waals surface area contributed by atoms with Crippen LogP contribution in [0.4, 0.5) is 0 Å². The summed E-state index contributed by atoms with van der Waals surface area (Å²) in [6.07, 6.45) is 0. The molecule has 2 aromatic heterocycles. The number of fused-ring (bicyclic) bond motifs is 13. The molecule has 0 saturated heterocycles. The van der Waals surface area contributed by atoms with Crippen LogP contribution in [0.5, 0.6) is 0 Å². The first kappa shape index (κ1) is 31.0. The predicted octanol–water partition coefficient (Wildman–Crippen LogP) is 12.3. The number of benzene rings is 8. The normalized spacial score (nSPS) is 14.9. The Bertz CT molecular complexity index is 3090. The second-order valence-corrected chi connectivity index (χ2v) is 14.7. The van der Waals surface area contributed by atoms with E-state index in [-0.39, 0.29) is 0 Å². The highest BCUT2D eigenvalue weighted by Crippen LogP contribution is 2.64. The van der Waals surface area contributed by atoms with E-state index in [0.29, 0.717) is 17.5 Å². The Morgan fingerprint density at radius 3 is 1.48 bits per heavy atom. The van der Waals surface area contributed by atoms with Crippen LogP contribution in [0, 0.1) is 0 Å². The van der Waals surface area contributed by atoms with Crippen molar-refractivity contribution >= 4 is 21.8 Å². The van der Waals surface area contributed by atoms with Gasteiger partial charge in [0.15, 0.2) is 17.5 Å². The van der Waals surface area contributed by atoms with Gasteiger partial charge < -0.3 is 4.57 Å². The van der Waals surface area contributed by atoms with Crippen molar-refractivity contribution in [3.05, 3.63) is 216 Å². The minimum Gasteiger partial charge on any atom is -0.309 e. The maximum atomic E-state index is 5.23. The quantitative estimate of drug-likeness (QED) is 0.182. The zero-order chi connectivity index (χ0) is 36.8. The van der Waals surface area contributed by atoms with E-state index in [9.17, 15) is 0 Å². The van der Waals surface area contributed by atoms with E-state index in [2.05, 4.69) is 162 Å². The average Bonchev–Trinajstić information content (AvgIpc) is 3.88. The van der Waals surface area contributed by atoms with Gasteiger partial charge in [-0.2, -0.15) is 0 Å². The lowest BCUT2D eigenvalue weighted by molar-refractivity contribution is 0.792. The minimum atomic E-state index is -0.555. The van der Waals surface area contributed by atoms with Crippen LogP contribution in [-0.2, 0) is 5.41 Å². The Hall–Kier alpha value is -7.43. The number of hydrogen-bond donors (Lipinski definition) is 0. The van der Waals surface area contributed by atoms with Crippen LogP contribution < -0.4 is 0 Å². The molecule has 0 radical (unpaired) electrons. The van der Waals surface area contributed by atoms with Crippen molar-refractivity contribution in [2.24, 2.45) is 0 Å². The van der Waals surface area contributed by atoms with Crippen molar-refractivity contribution in [3.63, 3.8) is 0 Å². The maximum absolute atomic E-state index is 5.23. The molecule has 1 unspecified atom stereocenters. The second-order valence-electron chi connectivity index (χ2n) is 14.7. The van der Waals surface area contributed by atoms with E-state index in [0.717, 1.165) is 27.9 Å². The lowest BCUT2D eigenvalue weighted by atomic mass is 9.70. The Kier molecular flexibility index (Phi) is 6.52. The van der Waals surface area contributed by atoms with Gasteiger partial charge in [-0.25, -0.2) is 15.0 Å². The number of rotatable bonds is 4. The maximum Gasteiger partial charge on any atom is 0.164 e. The fourth-order valence-corrected chi connectivity index (χ4v) is 9.63. The van der Waals surface area contributed by atoms with Gasteiger partial charge in [-0.1, -0.05) is 170 Å². The SMILES string of the molecule is c1ccc(-c2nc(-c3ccccc3)nc(-c3cccc4c3-c3ccccc3C43c4ccccc4-c4ccc(-n5c6ccccc6c6ccccc65)cc43)n2)cc1. The first-order valence-electron chi connectivity index (χ1n) is 19.1. The second kappa shape index (κ2) is 11.8. The van der Waals surface area contributed by atoms with Gasteiger partial charge in [0.2, 0.25) is 0 Å². The monoisotopic (exact) mass is 712 g/mol. The fraction of sp³-hybridized carbons (Fsp3) is 0.0192. The Morgan fingerprint density at radius 1 is 0.339 bits per heavy atom. The molecule has 0 fully saturated rings. The summed E-state index contributed by atoms with van der Waals surface area (Å²) in [4.78, 5) is 15.5. The topological polar surface area (TPSA) is 43.6 Å². The third-order valence-corrected chi connectivity index (χ3v) is 11.9. The van der Waals surface area contributed by atoms with Gasteiger partial charge >= 0.3 is 0 Å². The van der Waals surface area contributed by atoms with Crippen molar-refractivity contribution in [2.45, 2.75) is 5.41 Å². The highest BCUT2D eigenvalue weighted by atomic mass is 15.0. The lowest BCUT2D eigenvalue weighted by Crippen LogP contribution is -2.26. The molecule has 0 amide bonds. The van der Waals surface area contributed by atoms with E-state index < -0.39 is 5.41 Å². The molecule has 0 aliphatic heterocycles. The molecular formula is C52H32N4. The van der Waals surface area contributed by atoms with Crippen LogP contribution in [0.1, 0.15) is 22.3 Å².